The maximum atomic E-state index is 5.23. The highest BCUT2D eigenvalue weighted by atomic mass is 79.9. The quantitative estimate of drug-likeness (QED) is 0.742. The minimum Gasteiger partial charge on any atom is -0.496 e. The lowest BCUT2D eigenvalue weighted by Gasteiger charge is -1.99. The van der Waals surface area contributed by atoms with Crippen molar-refractivity contribution in [3.05, 3.63) is 28.1 Å². The highest BCUT2D eigenvalue weighted by Crippen LogP contribution is 2.34. The minimum absolute atomic E-state index is 0.939. The smallest absolute Gasteiger partial charge is 0.127 e. The van der Waals surface area contributed by atoms with Crippen LogP contribution in [-0.4, -0.2) is 7.11 Å². The molecule has 0 atom stereocenters. The maximum Gasteiger partial charge on any atom is 0.127 e. The topological polar surface area (TPSA) is 9.23 Å². The van der Waals surface area contributed by atoms with Gasteiger partial charge in [0.1, 0.15) is 5.75 Å². The van der Waals surface area contributed by atoms with Gasteiger partial charge >= 0.3 is 0 Å². The van der Waals surface area contributed by atoms with Gasteiger partial charge in [-0.3, -0.25) is 0 Å². The van der Waals surface area contributed by atoms with E-state index in [1.54, 1.807) is 18.4 Å². The van der Waals surface area contributed by atoms with E-state index in [9.17, 15) is 0 Å². The van der Waals surface area contributed by atoms with Crippen molar-refractivity contribution in [3.8, 4) is 5.75 Å². The monoisotopic (exact) mass is 242 g/mol. The van der Waals surface area contributed by atoms with Crippen LogP contribution in [-0.2, 0) is 0 Å². The number of hydrogen-bond donors (Lipinski definition) is 0. The van der Waals surface area contributed by atoms with Crippen LogP contribution in [0.3, 0.4) is 0 Å². The molecule has 1 heterocycles. The number of hydrogen-bond acceptors (Lipinski definition) is 2. The molecule has 1 aromatic heterocycles. The average molecular weight is 243 g/mol. The molecule has 0 saturated heterocycles. The summed E-state index contributed by atoms with van der Waals surface area (Å²) in [7, 11) is 1.69. The van der Waals surface area contributed by atoms with Crippen molar-refractivity contribution in [1.82, 2.24) is 0 Å². The fraction of sp³-hybridized carbons (Fsp3) is 0.111. The highest BCUT2D eigenvalue weighted by Gasteiger charge is 2.03. The van der Waals surface area contributed by atoms with Gasteiger partial charge in [-0.25, -0.2) is 0 Å². The molecule has 0 aliphatic heterocycles. The molecule has 1 nitrogen and oxygen atoms in total. The van der Waals surface area contributed by atoms with Crippen LogP contribution in [0.4, 0.5) is 0 Å². The molecule has 1 aromatic carbocycles. The molecule has 0 aliphatic carbocycles. The molecule has 0 bridgehead atoms. The Morgan fingerprint density at radius 3 is 3.00 bits per heavy atom. The van der Waals surface area contributed by atoms with Crippen LogP contribution in [0, 0.1) is 0 Å². The van der Waals surface area contributed by atoms with E-state index in [2.05, 4.69) is 28.1 Å². The van der Waals surface area contributed by atoms with Gasteiger partial charge in [0.25, 0.3) is 0 Å². The van der Waals surface area contributed by atoms with Crippen molar-refractivity contribution >= 4 is 37.4 Å². The fourth-order valence-corrected chi connectivity index (χ4v) is 2.74. The van der Waals surface area contributed by atoms with Gasteiger partial charge in [0.2, 0.25) is 0 Å². The summed E-state index contributed by atoms with van der Waals surface area (Å²) in [6.45, 7) is 0. The van der Waals surface area contributed by atoms with Gasteiger partial charge in [0.15, 0.2) is 0 Å². The van der Waals surface area contributed by atoms with Crippen LogP contribution in [0.2, 0.25) is 0 Å². The van der Waals surface area contributed by atoms with Crippen LogP contribution < -0.4 is 4.74 Å². The molecule has 2 rings (SSSR count). The Morgan fingerprint density at radius 1 is 1.42 bits per heavy atom. The van der Waals surface area contributed by atoms with Crippen molar-refractivity contribution in [2.24, 2.45) is 0 Å². The van der Waals surface area contributed by atoms with Crippen molar-refractivity contribution in [1.29, 1.82) is 0 Å². The molecule has 0 spiro atoms. The van der Waals surface area contributed by atoms with Crippen LogP contribution in [0.15, 0.2) is 28.1 Å². The van der Waals surface area contributed by atoms with Crippen molar-refractivity contribution in [2.75, 3.05) is 7.11 Å². The first-order valence-electron chi connectivity index (χ1n) is 3.53. The van der Waals surface area contributed by atoms with E-state index in [0.717, 1.165) is 9.54 Å². The second-order valence-corrected chi connectivity index (χ2v) is 4.89. The molecule has 62 valence electrons. The number of rotatable bonds is 1. The zero-order valence-electron chi connectivity index (χ0n) is 6.50. The minimum atomic E-state index is 0.939. The summed E-state index contributed by atoms with van der Waals surface area (Å²) >= 11 is 5.17. The number of ether oxygens (including phenoxy) is 1. The predicted octanol–water partition coefficient (Wildman–Crippen LogP) is 3.67. The molecule has 0 aliphatic rings. The van der Waals surface area contributed by atoms with E-state index in [1.165, 1.54) is 10.1 Å². The summed E-state index contributed by atoms with van der Waals surface area (Å²) in [4.78, 5) is 0. The largest absolute Gasteiger partial charge is 0.496 e. The first kappa shape index (κ1) is 8.08. The number of thiophene rings is 1. The third-order valence-electron chi connectivity index (χ3n) is 1.71. The van der Waals surface area contributed by atoms with Crippen LogP contribution >= 0.6 is 27.3 Å². The van der Waals surface area contributed by atoms with Gasteiger partial charge in [0, 0.05) is 10.1 Å². The van der Waals surface area contributed by atoms with E-state index in [4.69, 9.17) is 4.74 Å². The zero-order chi connectivity index (χ0) is 8.55. The van der Waals surface area contributed by atoms with E-state index in [0.29, 0.717) is 0 Å². The van der Waals surface area contributed by atoms with Crippen LogP contribution in [0.5, 0.6) is 5.75 Å². The van der Waals surface area contributed by atoms with Gasteiger partial charge in [-0.2, -0.15) is 0 Å². The molecule has 0 amide bonds. The summed E-state index contributed by atoms with van der Waals surface area (Å²) in [5, 5.41) is 1.18. The Balaban J connectivity index is 2.78. The molecule has 0 unspecified atom stereocenters. The summed E-state index contributed by atoms with van der Waals surface area (Å²) in [6, 6.07) is 8.15. The highest BCUT2D eigenvalue weighted by molar-refractivity contribution is 9.11. The van der Waals surface area contributed by atoms with Gasteiger partial charge in [-0.1, -0.05) is 6.07 Å². The predicted molar refractivity (Wildman–Crippen MR) is 56.1 cm³/mol. The molecule has 0 N–H and O–H groups in total. The normalized spacial score (nSPS) is 10.5. The first-order valence-corrected chi connectivity index (χ1v) is 5.14. The molecule has 3 heteroatoms. The van der Waals surface area contributed by atoms with Crippen molar-refractivity contribution < 1.29 is 4.74 Å². The maximum absolute atomic E-state index is 5.23. The van der Waals surface area contributed by atoms with E-state index >= 15 is 0 Å². The molecule has 0 saturated carbocycles. The Labute approximate surface area is 83.1 Å². The van der Waals surface area contributed by atoms with E-state index < -0.39 is 0 Å². The summed E-state index contributed by atoms with van der Waals surface area (Å²) in [5.74, 6) is 0.939. The third kappa shape index (κ3) is 1.23. The SMILES string of the molecule is COc1cccc2sc(Br)cc12. The molecular weight excluding hydrogens is 236 g/mol. The zero-order valence-corrected chi connectivity index (χ0v) is 8.91. The Kier molecular flexibility index (Phi) is 2.07. The lowest BCUT2D eigenvalue weighted by molar-refractivity contribution is 0.420. The number of halogens is 1. The van der Waals surface area contributed by atoms with E-state index in [-0.39, 0.29) is 0 Å². The number of benzene rings is 1. The molecule has 0 radical (unpaired) electrons. The Hall–Kier alpha value is -0.540. The van der Waals surface area contributed by atoms with Crippen LogP contribution in [0.25, 0.3) is 10.1 Å². The van der Waals surface area contributed by atoms with E-state index in [1.807, 2.05) is 12.1 Å². The summed E-state index contributed by atoms with van der Waals surface area (Å²) in [6.07, 6.45) is 0. The van der Waals surface area contributed by atoms with Gasteiger partial charge in [-0.15, -0.1) is 11.3 Å². The summed E-state index contributed by atoms with van der Waals surface area (Å²) < 4.78 is 7.62. The lowest BCUT2D eigenvalue weighted by atomic mass is 10.2. The lowest BCUT2D eigenvalue weighted by Crippen LogP contribution is -1.80. The Morgan fingerprint density at radius 2 is 2.25 bits per heavy atom. The standard InChI is InChI=1S/C9H7BrOS/c1-11-7-3-2-4-8-6(7)5-9(10)12-8/h2-5H,1H3. The van der Waals surface area contributed by atoms with Crippen molar-refractivity contribution in [3.63, 3.8) is 0 Å². The molecular formula is C9H7BrOS. The molecule has 2 aromatic rings. The Bertz CT molecular complexity index is 408. The second kappa shape index (κ2) is 3.07. The summed E-state index contributed by atoms with van der Waals surface area (Å²) in [5.41, 5.74) is 0. The third-order valence-corrected chi connectivity index (χ3v) is 3.31. The number of methoxy groups -OCH3 is 1. The van der Waals surface area contributed by atoms with Crippen molar-refractivity contribution in [2.45, 2.75) is 0 Å². The molecule has 0 fully saturated rings. The fourth-order valence-electron chi connectivity index (χ4n) is 1.18. The van der Waals surface area contributed by atoms with Gasteiger partial charge in [0.05, 0.1) is 10.9 Å². The van der Waals surface area contributed by atoms with Gasteiger partial charge in [-0.05, 0) is 34.1 Å². The first-order chi connectivity index (χ1) is 5.81. The van der Waals surface area contributed by atoms with Gasteiger partial charge < -0.3 is 4.74 Å². The van der Waals surface area contributed by atoms with Crippen LogP contribution in [0.1, 0.15) is 0 Å². The average Bonchev–Trinajstić information content (AvgIpc) is 2.44. The second-order valence-electron chi connectivity index (χ2n) is 2.42. The number of fused-ring (bicyclic) bond motifs is 1. The molecule has 12 heavy (non-hydrogen) atoms.